The van der Waals surface area contributed by atoms with Crippen molar-refractivity contribution in [3.63, 3.8) is 0 Å². The SMILES string of the molecule is COC1(C)O[C@@H](CP(c2ccccc2)c2ccccc2)[C@H](CP(c2ccccc2)c2ccccc2)O[C@]1(C)OC. The zero-order chi connectivity index (χ0) is 28.0. The van der Waals surface area contributed by atoms with Gasteiger partial charge in [0.15, 0.2) is 0 Å². The molecule has 5 rings (SSSR count). The van der Waals surface area contributed by atoms with Crippen molar-refractivity contribution >= 4 is 37.1 Å². The molecule has 0 N–H and O–H groups in total. The summed E-state index contributed by atoms with van der Waals surface area (Å²) < 4.78 is 25.8. The first-order valence-corrected chi connectivity index (χ1v) is 16.7. The molecule has 1 aliphatic rings. The quantitative estimate of drug-likeness (QED) is 0.227. The average molecular weight is 573 g/mol. The molecule has 0 amide bonds. The molecule has 0 radical (unpaired) electrons. The fourth-order valence-corrected chi connectivity index (χ4v) is 10.1. The maximum Gasteiger partial charge on any atom is 0.220 e. The number of methoxy groups -OCH3 is 2. The van der Waals surface area contributed by atoms with Crippen molar-refractivity contribution in [2.24, 2.45) is 0 Å². The third-order valence-corrected chi connectivity index (χ3v) is 12.9. The maximum atomic E-state index is 6.94. The minimum absolute atomic E-state index is 0.211. The second kappa shape index (κ2) is 13.0. The van der Waals surface area contributed by atoms with E-state index in [1.54, 1.807) is 14.2 Å². The molecule has 0 aromatic heterocycles. The van der Waals surface area contributed by atoms with E-state index >= 15 is 0 Å². The highest BCUT2D eigenvalue weighted by molar-refractivity contribution is 7.73. The van der Waals surface area contributed by atoms with Crippen molar-refractivity contribution in [3.8, 4) is 0 Å². The van der Waals surface area contributed by atoms with E-state index in [0.29, 0.717) is 0 Å². The molecule has 1 fully saturated rings. The van der Waals surface area contributed by atoms with Crippen LogP contribution < -0.4 is 21.2 Å². The van der Waals surface area contributed by atoms with Crippen LogP contribution in [-0.4, -0.2) is 50.3 Å². The van der Waals surface area contributed by atoms with Crippen LogP contribution in [0.2, 0.25) is 0 Å². The lowest BCUT2D eigenvalue weighted by Gasteiger charge is -2.53. The normalized spacial score (nSPS) is 24.9. The Morgan fingerprint density at radius 1 is 0.500 bits per heavy atom. The average Bonchev–Trinajstić information content (AvgIpc) is 3.02. The van der Waals surface area contributed by atoms with Crippen molar-refractivity contribution in [3.05, 3.63) is 121 Å². The third kappa shape index (κ3) is 6.24. The minimum Gasteiger partial charge on any atom is -0.349 e. The van der Waals surface area contributed by atoms with Crippen LogP contribution in [0.4, 0.5) is 0 Å². The van der Waals surface area contributed by atoms with Gasteiger partial charge in [0, 0.05) is 26.5 Å². The van der Waals surface area contributed by atoms with Crippen LogP contribution in [0, 0.1) is 0 Å². The fourth-order valence-electron chi connectivity index (χ4n) is 5.23. The summed E-state index contributed by atoms with van der Waals surface area (Å²) in [5.41, 5.74) is 0. The molecule has 4 aromatic carbocycles. The van der Waals surface area contributed by atoms with Crippen molar-refractivity contribution in [2.45, 2.75) is 37.6 Å². The van der Waals surface area contributed by atoms with E-state index in [-0.39, 0.29) is 12.2 Å². The second-order valence-corrected chi connectivity index (χ2v) is 14.7. The minimum atomic E-state index is -1.07. The van der Waals surface area contributed by atoms with Gasteiger partial charge in [-0.05, 0) is 50.9 Å². The Balaban J connectivity index is 1.55. The number of hydrogen-bond donors (Lipinski definition) is 0. The van der Waals surface area contributed by atoms with Gasteiger partial charge in [-0.2, -0.15) is 0 Å². The van der Waals surface area contributed by atoms with Crippen molar-refractivity contribution in [1.82, 2.24) is 0 Å². The van der Waals surface area contributed by atoms with Gasteiger partial charge in [-0.3, -0.25) is 0 Å². The highest BCUT2D eigenvalue weighted by Crippen LogP contribution is 2.47. The highest BCUT2D eigenvalue weighted by Gasteiger charge is 2.57. The summed E-state index contributed by atoms with van der Waals surface area (Å²) in [6.07, 6.45) is 1.19. The lowest BCUT2D eigenvalue weighted by atomic mass is 10.0. The van der Waals surface area contributed by atoms with Gasteiger partial charge in [0.2, 0.25) is 11.6 Å². The molecule has 40 heavy (non-hydrogen) atoms. The summed E-state index contributed by atoms with van der Waals surface area (Å²) >= 11 is 0. The predicted octanol–water partition coefficient (Wildman–Crippen LogP) is 5.76. The van der Waals surface area contributed by atoms with Crippen LogP contribution in [0.3, 0.4) is 0 Å². The summed E-state index contributed by atoms with van der Waals surface area (Å²) in [7, 11) is 1.91. The molecule has 1 saturated heterocycles. The van der Waals surface area contributed by atoms with Gasteiger partial charge in [-0.25, -0.2) is 0 Å². The third-order valence-electron chi connectivity index (χ3n) is 7.77. The van der Waals surface area contributed by atoms with Gasteiger partial charge in [-0.1, -0.05) is 121 Å². The summed E-state index contributed by atoms with van der Waals surface area (Å²) in [4.78, 5) is 0. The first kappa shape index (κ1) is 29.1. The Morgan fingerprint density at radius 2 is 0.750 bits per heavy atom. The van der Waals surface area contributed by atoms with Crippen molar-refractivity contribution < 1.29 is 18.9 Å². The van der Waals surface area contributed by atoms with Gasteiger partial charge >= 0.3 is 0 Å². The number of hydrogen-bond acceptors (Lipinski definition) is 4. The zero-order valence-corrected chi connectivity index (χ0v) is 25.4. The molecule has 6 heteroatoms. The topological polar surface area (TPSA) is 36.9 Å². The van der Waals surface area contributed by atoms with Gasteiger partial charge in [0.05, 0.1) is 12.2 Å². The second-order valence-electron chi connectivity index (χ2n) is 10.2. The molecule has 0 spiro atoms. The van der Waals surface area contributed by atoms with E-state index in [0.717, 1.165) is 12.3 Å². The Hall–Kier alpha value is -2.42. The van der Waals surface area contributed by atoms with Crippen molar-refractivity contribution in [1.29, 1.82) is 0 Å². The van der Waals surface area contributed by atoms with E-state index in [9.17, 15) is 0 Å². The molecule has 208 valence electrons. The van der Waals surface area contributed by atoms with E-state index < -0.39 is 27.4 Å². The molecule has 0 saturated carbocycles. The molecular weight excluding hydrogens is 534 g/mol. The number of benzene rings is 4. The largest absolute Gasteiger partial charge is 0.349 e. The van der Waals surface area contributed by atoms with E-state index in [4.69, 9.17) is 18.9 Å². The molecule has 0 bridgehead atoms. The van der Waals surface area contributed by atoms with Crippen molar-refractivity contribution in [2.75, 3.05) is 26.5 Å². The summed E-state index contributed by atoms with van der Waals surface area (Å²) in [5.74, 6) is -2.14. The molecule has 1 unspecified atom stereocenters. The van der Waals surface area contributed by atoms with Crippen LogP contribution in [0.5, 0.6) is 0 Å². The Labute approximate surface area is 241 Å². The maximum absolute atomic E-state index is 6.94. The van der Waals surface area contributed by atoms with Crippen LogP contribution in [-0.2, 0) is 18.9 Å². The Morgan fingerprint density at radius 3 is 0.975 bits per heavy atom. The van der Waals surface area contributed by atoms with Gasteiger partial charge in [0.1, 0.15) is 0 Å². The standard InChI is InChI=1S/C34H38O4P2/c1-33(35-3)34(2,36-4)38-32(26-40(29-21-13-7-14-22-29)30-23-15-8-16-24-30)31(37-33)25-39(27-17-9-5-10-18-27)28-19-11-6-12-20-28/h5-24,31-32H,25-26H2,1-4H3/t31-,32-,33-,34?/m0/s1. The van der Waals surface area contributed by atoms with E-state index in [1.807, 2.05) is 13.8 Å². The summed E-state index contributed by atoms with van der Waals surface area (Å²) in [6.45, 7) is 3.84. The van der Waals surface area contributed by atoms with Gasteiger partial charge in [-0.15, -0.1) is 0 Å². The van der Waals surface area contributed by atoms with Gasteiger partial charge < -0.3 is 18.9 Å². The first-order valence-electron chi connectivity index (χ1n) is 13.7. The first-order chi connectivity index (χ1) is 19.5. The molecule has 1 heterocycles. The lowest BCUT2D eigenvalue weighted by Crippen LogP contribution is -2.66. The fraction of sp³-hybridized carbons (Fsp3) is 0.294. The molecule has 0 aliphatic carbocycles. The molecule has 4 nitrogen and oxygen atoms in total. The Bertz CT molecular complexity index is 1140. The zero-order valence-electron chi connectivity index (χ0n) is 23.6. The van der Waals surface area contributed by atoms with Crippen LogP contribution >= 0.6 is 15.8 Å². The monoisotopic (exact) mass is 572 g/mol. The van der Waals surface area contributed by atoms with E-state index in [1.165, 1.54) is 21.2 Å². The lowest BCUT2D eigenvalue weighted by molar-refractivity contribution is -0.442. The summed E-state index contributed by atoms with van der Waals surface area (Å²) in [6, 6.07) is 43.1. The predicted molar refractivity (Wildman–Crippen MR) is 168 cm³/mol. The smallest absolute Gasteiger partial charge is 0.220 e. The number of rotatable bonds is 10. The molecular formula is C34H38O4P2. The van der Waals surface area contributed by atoms with E-state index in [2.05, 4.69) is 121 Å². The van der Waals surface area contributed by atoms with Crippen LogP contribution in [0.15, 0.2) is 121 Å². The van der Waals surface area contributed by atoms with Crippen LogP contribution in [0.25, 0.3) is 0 Å². The summed E-state index contributed by atoms with van der Waals surface area (Å²) in [5, 5.41) is 5.27. The van der Waals surface area contributed by atoms with Crippen LogP contribution in [0.1, 0.15) is 13.8 Å². The molecule has 4 aromatic rings. The number of ether oxygens (including phenoxy) is 4. The molecule has 4 atom stereocenters. The molecule has 1 aliphatic heterocycles. The van der Waals surface area contributed by atoms with Gasteiger partial charge in [0.25, 0.3) is 0 Å². The Kier molecular flexibility index (Phi) is 9.49. The highest BCUT2D eigenvalue weighted by atomic mass is 31.1.